The van der Waals surface area contributed by atoms with Gasteiger partial charge in [-0.3, -0.25) is 0 Å². The summed E-state index contributed by atoms with van der Waals surface area (Å²) in [6.07, 6.45) is 1.94. The van der Waals surface area contributed by atoms with Crippen molar-refractivity contribution in [1.29, 1.82) is 0 Å². The maximum atomic E-state index is 5.82. The molecule has 1 heterocycles. The third kappa shape index (κ3) is 5.23. The van der Waals surface area contributed by atoms with E-state index in [2.05, 4.69) is 49.6 Å². The van der Waals surface area contributed by atoms with Crippen molar-refractivity contribution in [1.82, 2.24) is 9.55 Å². The highest BCUT2D eigenvalue weighted by Gasteiger charge is 2.17. The van der Waals surface area contributed by atoms with Gasteiger partial charge in [0.2, 0.25) is 0 Å². The van der Waals surface area contributed by atoms with Gasteiger partial charge in [0.25, 0.3) is 0 Å². The Kier molecular flexibility index (Phi) is 6.49. The number of para-hydroxylation sites is 3. The first-order valence-corrected chi connectivity index (χ1v) is 8.65. The predicted octanol–water partition coefficient (Wildman–Crippen LogP) is 5.52. The first kappa shape index (κ1) is 19.3. The van der Waals surface area contributed by atoms with Gasteiger partial charge in [-0.15, -0.1) is 12.4 Å². The Bertz CT molecular complexity index is 791. The fourth-order valence-corrected chi connectivity index (χ4v) is 2.91. The van der Waals surface area contributed by atoms with E-state index in [1.807, 2.05) is 30.3 Å². The Morgan fingerprint density at radius 1 is 0.960 bits per heavy atom. The fraction of sp³-hybridized carbons (Fsp3) is 0.381. The van der Waals surface area contributed by atoms with Crippen molar-refractivity contribution in [2.24, 2.45) is 5.41 Å². The molecule has 0 N–H and O–H groups in total. The van der Waals surface area contributed by atoms with Crippen molar-refractivity contribution < 1.29 is 4.74 Å². The first-order valence-electron chi connectivity index (χ1n) is 8.65. The lowest BCUT2D eigenvalue weighted by molar-refractivity contribution is 0.300. The van der Waals surface area contributed by atoms with Crippen LogP contribution in [0.25, 0.3) is 11.0 Å². The van der Waals surface area contributed by atoms with E-state index in [4.69, 9.17) is 9.72 Å². The first-order chi connectivity index (χ1) is 11.5. The molecule has 0 radical (unpaired) electrons. The van der Waals surface area contributed by atoms with E-state index < -0.39 is 0 Å². The van der Waals surface area contributed by atoms with E-state index in [1.165, 1.54) is 11.3 Å². The lowest BCUT2D eigenvalue weighted by Crippen LogP contribution is -2.15. The summed E-state index contributed by atoms with van der Waals surface area (Å²) in [7, 11) is 0. The number of fused-ring (bicyclic) bond motifs is 1. The molecule has 134 valence electrons. The van der Waals surface area contributed by atoms with Crippen LogP contribution in [0.4, 0.5) is 0 Å². The monoisotopic (exact) mass is 358 g/mol. The average Bonchev–Trinajstić information content (AvgIpc) is 2.88. The summed E-state index contributed by atoms with van der Waals surface area (Å²) in [6.45, 7) is 8.42. The van der Waals surface area contributed by atoms with Gasteiger partial charge in [-0.2, -0.15) is 0 Å². The molecule has 0 saturated carbocycles. The summed E-state index contributed by atoms with van der Waals surface area (Å²) in [5.74, 6) is 2.10. The minimum Gasteiger partial charge on any atom is -0.494 e. The van der Waals surface area contributed by atoms with E-state index in [-0.39, 0.29) is 17.8 Å². The summed E-state index contributed by atoms with van der Waals surface area (Å²) in [5, 5.41) is 0. The molecule has 0 atom stereocenters. The number of imidazole rings is 1. The van der Waals surface area contributed by atoms with Crippen LogP contribution in [0, 0.1) is 5.41 Å². The minimum atomic E-state index is 0. The van der Waals surface area contributed by atoms with Crippen molar-refractivity contribution in [3.8, 4) is 5.75 Å². The van der Waals surface area contributed by atoms with E-state index >= 15 is 0 Å². The van der Waals surface area contributed by atoms with Gasteiger partial charge in [0.05, 0.1) is 17.6 Å². The molecule has 2 aromatic carbocycles. The predicted molar refractivity (Wildman–Crippen MR) is 107 cm³/mol. The van der Waals surface area contributed by atoms with Gasteiger partial charge in [-0.05, 0) is 36.1 Å². The topological polar surface area (TPSA) is 27.1 Å². The second-order valence-corrected chi connectivity index (χ2v) is 7.42. The van der Waals surface area contributed by atoms with E-state index in [0.717, 1.165) is 30.7 Å². The number of nitrogens with zero attached hydrogens (tertiary/aromatic N) is 2. The molecule has 0 aliphatic rings. The largest absolute Gasteiger partial charge is 0.494 e. The van der Waals surface area contributed by atoms with E-state index in [9.17, 15) is 0 Å². The Hall–Kier alpha value is -2.00. The molecule has 3 nitrogen and oxygen atoms in total. The molecule has 0 bridgehead atoms. The number of hydrogen-bond acceptors (Lipinski definition) is 2. The van der Waals surface area contributed by atoms with Crippen LogP contribution in [0.3, 0.4) is 0 Å². The Morgan fingerprint density at radius 3 is 2.36 bits per heavy atom. The van der Waals surface area contributed by atoms with Crippen molar-refractivity contribution in [2.45, 2.75) is 40.2 Å². The van der Waals surface area contributed by atoms with Gasteiger partial charge >= 0.3 is 0 Å². The van der Waals surface area contributed by atoms with Gasteiger partial charge < -0.3 is 9.30 Å². The molecule has 0 unspecified atom stereocenters. The van der Waals surface area contributed by atoms with Gasteiger partial charge in [0.1, 0.15) is 11.6 Å². The molecular formula is C21H27ClN2O. The van der Waals surface area contributed by atoms with Crippen LogP contribution in [-0.4, -0.2) is 16.2 Å². The average molecular weight is 359 g/mol. The highest BCUT2D eigenvalue weighted by atomic mass is 35.5. The number of ether oxygens (including phenoxy) is 1. The van der Waals surface area contributed by atoms with Crippen LogP contribution in [0.2, 0.25) is 0 Å². The van der Waals surface area contributed by atoms with Crippen LogP contribution < -0.4 is 4.74 Å². The molecular weight excluding hydrogens is 332 g/mol. The van der Waals surface area contributed by atoms with Crippen molar-refractivity contribution in [3.05, 3.63) is 60.4 Å². The second kappa shape index (κ2) is 8.39. The van der Waals surface area contributed by atoms with Gasteiger partial charge in [0.15, 0.2) is 0 Å². The van der Waals surface area contributed by atoms with E-state index in [1.54, 1.807) is 0 Å². The number of rotatable bonds is 6. The third-order valence-electron chi connectivity index (χ3n) is 3.96. The summed E-state index contributed by atoms with van der Waals surface area (Å²) in [5.41, 5.74) is 2.52. The Labute approximate surface area is 156 Å². The molecule has 0 spiro atoms. The summed E-state index contributed by atoms with van der Waals surface area (Å²) < 4.78 is 8.18. The fourth-order valence-electron chi connectivity index (χ4n) is 2.91. The molecule has 3 rings (SSSR count). The molecule has 0 amide bonds. The molecule has 0 fully saturated rings. The van der Waals surface area contributed by atoms with Crippen molar-refractivity contribution in [3.63, 3.8) is 0 Å². The quantitative estimate of drug-likeness (QED) is 0.543. The van der Waals surface area contributed by atoms with E-state index in [0.29, 0.717) is 6.61 Å². The smallest absolute Gasteiger partial charge is 0.119 e. The number of halogens is 1. The zero-order valence-electron chi connectivity index (χ0n) is 15.2. The van der Waals surface area contributed by atoms with Crippen LogP contribution in [-0.2, 0) is 13.0 Å². The molecule has 0 aliphatic carbocycles. The maximum absolute atomic E-state index is 5.82. The normalized spacial score (nSPS) is 11.3. The molecule has 4 heteroatoms. The maximum Gasteiger partial charge on any atom is 0.119 e. The van der Waals surface area contributed by atoms with Crippen molar-refractivity contribution >= 4 is 23.4 Å². The van der Waals surface area contributed by atoms with Crippen LogP contribution in [0.1, 0.15) is 33.0 Å². The van der Waals surface area contributed by atoms with Gasteiger partial charge in [0, 0.05) is 13.0 Å². The lowest BCUT2D eigenvalue weighted by Gasteiger charge is -2.19. The molecule has 0 aliphatic heterocycles. The number of benzene rings is 2. The molecule has 0 saturated heterocycles. The number of aryl methyl sites for hydroxylation is 1. The highest BCUT2D eigenvalue weighted by molar-refractivity contribution is 5.85. The zero-order valence-corrected chi connectivity index (χ0v) is 16.1. The molecule has 1 aromatic heterocycles. The molecule has 3 aromatic rings. The van der Waals surface area contributed by atoms with Crippen LogP contribution in [0.5, 0.6) is 5.75 Å². The second-order valence-electron chi connectivity index (χ2n) is 7.42. The van der Waals surface area contributed by atoms with Crippen LogP contribution >= 0.6 is 12.4 Å². The van der Waals surface area contributed by atoms with Gasteiger partial charge in [-0.25, -0.2) is 4.98 Å². The Morgan fingerprint density at radius 2 is 1.64 bits per heavy atom. The zero-order chi connectivity index (χ0) is 17.0. The van der Waals surface area contributed by atoms with Crippen molar-refractivity contribution in [2.75, 3.05) is 6.61 Å². The SMILES string of the molecule is CC(C)(C)Cc1nc2ccccc2n1CCCOc1ccccc1.Cl. The van der Waals surface area contributed by atoms with Gasteiger partial charge in [-0.1, -0.05) is 51.1 Å². The summed E-state index contributed by atoms with van der Waals surface area (Å²) >= 11 is 0. The number of hydrogen-bond donors (Lipinski definition) is 0. The van der Waals surface area contributed by atoms with Crippen LogP contribution in [0.15, 0.2) is 54.6 Å². The summed E-state index contributed by atoms with van der Waals surface area (Å²) in [4.78, 5) is 4.86. The lowest BCUT2D eigenvalue weighted by atomic mass is 9.92. The standard InChI is InChI=1S/C21H26N2O.ClH/c1-21(2,3)16-20-22-18-12-7-8-13-19(18)23(20)14-9-15-24-17-10-5-4-6-11-17;/h4-8,10-13H,9,14-16H2,1-3H3;1H. The third-order valence-corrected chi connectivity index (χ3v) is 3.96. The summed E-state index contributed by atoms with van der Waals surface area (Å²) in [6, 6.07) is 18.4. The minimum absolute atomic E-state index is 0. The molecule has 25 heavy (non-hydrogen) atoms. The number of aromatic nitrogens is 2. The Balaban J connectivity index is 0.00000225. The highest BCUT2D eigenvalue weighted by Crippen LogP contribution is 2.24.